The molecule has 3 atom stereocenters. The van der Waals surface area contributed by atoms with Crippen molar-refractivity contribution >= 4 is 20.0 Å². The van der Waals surface area contributed by atoms with Gasteiger partial charge in [-0.25, -0.2) is 26.2 Å². The molecule has 0 unspecified atom stereocenters. The van der Waals surface area contributed by atoms with Gasteiger partial charge in [0.2, 0.25) is 10.0 Å². The van der Waals surface area contributed by atoms with Gasteiger partial charge in [0.05, 0.1) is 19.5 Å². The van der Waals surface area contributed by atoms with Crippen LogP contribution in [0.1, 0.15) is 25.0 Å². The third-order valence-electron chi connectivity index (χ3n) is 6.64. The normalized spacial score (nSPS) is 20.0. The summed E-state index contributed by atoms with van der Waals surface area (Å²) in [5.74, 6) is 4.85. The molecular weight excluding hydrogens is 559 g/mol. The fourth-order valence-corrected chi connectivity index (χ4v) is 7.23. The lowest BCUT2D eigenvalue weighted by atomic mass is 10.0. The first-order valence-electron chi connectivity index (χ1n) is 12.5. The number of hydrogen-bond acceptors (Lipinski definition) is 7. The Kier molecular flexibility index (Phi) is 8.67. The molecule has 0 saturated heterocycles. The van der Waals surface area contributed by atoms with Crippen molar-refractivity contribution in [3.8, 4) is 17.6 Å². The highest BCUT2D eigenvalue weighted by Gasteiger charge is 2.39. The lowest BCUT2D eigenvalue weighted by Gasteiger charge is -2.37. The summed E-state index contributed by atoms with van der Waals surface area (Å²) in [4.78, 5) is 3.83. The van der Waals surface area contributed by atoms with Crippen LogP contribution in [0.5, 0.6) is 5.75 Å². The number of aryl methyl sites for hydroxylation is 1. The maximum atomic E-state index is 13.7. The van der Waals surface area contributed by atoms with E-state index < -0.39 is 50.5 Å². The van der Waals surface area contributed by atoms with Gasteiger partial charge in [-0.3, -0.25) is 0 Å². The molecule has 1 N–H and O–H groups in total. The van der Waals surface area contributed by atoms with E-state index in [1.807, 2.05) is 0 Å². The predicted octanol–water partition coefficient (Wildman–Crippen LogP) is 2.05. The Balaban J connectivity index is 1.75. The molecule has 3 aromatic rings. The first kappa shape index (κ1) is 29.7. The van der Waals surface area contributed by atoms with Gasteiger partial charge in [-0.2, -0.15) is 8.61 Å². The Bertz CT molecular complexity index is 1660. The fraction of sp³-hybridized carbons (Fsp3) is 0.370. The van der Waals surface area contributed by atoms with Crippen molar-refractivity contribution in [3.63, 3.8) is 0 Å². The Labute approximate surface area is 234 Å². The largest absolute Gasteiger partial charge is 0.487 e. The summed E-state index contributed by atoms with van der Waals surface area (Å²) in [6.07, 6.45) is 2.01. The van der Waals surface area contributed by atoms with Gasteiger partial charge < -0.3 is 14.4 Å². The second-order valence-corrected chi connectivity index (χ2v) is 13.7. The van der Waals surface area contributed by atoms with Gasteiger partial charge in [0.1, 0.15) is 22.6 Å². The molecule has 2 aromatic carbocycles. The quantitative estimate of drug-likeness (QED) is 0.436. The fourth-order valence-electron chi connectivity index (χ4n) is 4.27. The van der Waals surface area contributed by atoms with E-state index in [0.717, 1.165) is 4.31 Å². The molecule has 0 bridgehead atoms. The van der Waals surface area contributed by atoms with Gasteiger partial charge in [-0.05, 0) is 43.3 Å². The van der Waals surface area contributed by atoms with Crippen molar-refractivity contribution in [2.45, 2.75) is 35.9 Å². The van der Waals surface area contributed by atoms with Gasteiger partial charge in [0, 0.05) is 49.9 Å². The Morgan fingerprint density at radius 3 is 2.55 bits per heavy atom. The van der Waals surface area contributed by atoms with Crippen LogP contribution in [0, 0.1) is 23.6 Å². The monoisotopic (exact) mass is 590 g/mol. The van der Waals surface area contributed by atoms with Crippen molar-refractivity contribution in [1.82, 2.24) is 18.2 Å². The number of ether oxygens (including phenoxy) is 1. The van der Waals surface area contributed by atoms with E-state index in [0.29, 0.717) is 11.1 Å². The highest BCUT2D eigenvalue weighted by molar-refractivity contribution is 7.89. The van der Waals surface area contributed by atoms with Crippen molar-refractivity contribution in [1.29, 1.82) is 0 Å². The van der Waals surface area contributed by atoms with Gasteiger partial charge in [-0.1, -0.05) is 24.8 Å². The van der Waals surface area contributed by atoms with E-state index in [2.05, 4.69) is 16.8 Å². The number of aliphatic hydroxyl groups is 1. The average molecular weight is 591 g/mol. The molecule has 1 aliphatic heterocycles. The summed E-state index contributed by atoms with van der Waals surface area (Å²) in [6, 6.07) is 9.40. The van der Waals surface area contributed by atoms with Gasteiger partial charge in [0.15, 0.2) is 5.03 Å². The molecule has 4 rings (SSSR count). The minimum atomic E-state index is -4.09. The highest BCUT2D eigenvalue weighted by Crippen LogP contribution is 2.34. The molecule has 0 saturated carbocycles. The van der Waals surface area contributed by atoms with Crippen molar-refractivity contribution in [2.75, 3.05) is 26.7 Å². The van der Waals surface area contributed by atoms with Crippen LogP contribution in [-0.4, -0.2) is 79.0 Å². The van der Waals surface area contributed by atoms with Gasteiger partial charge >= 0.3 is 0 Å². The summed E-state index contributed by atoms with van der Waals surface area (Å²) < 4.78 is 77.3. The zero-order chi connectivity index (χ0) is 29.2. The molecule has 1 aromatic heterocycles. The summed E-state index contributed by atoms with van der Waals surface area (Å²) >= 11 is 0. The molecule has 0 fully saturated rings. The third kappa shape index (κ3) is 6.21. The maximum Gasteiger partial charge on any atom is 0.261 e. The van der Waals surface area contributed by atoms with Crippen LogP contribution in [-0.2, 0) is 27.1 Å². The number of aliphatic hydroxyl groups excluding tert-OH is 1. The zero-order valence-corrected chi connectivity index (χ0v) is 24.2. The van der Waals surface area contributed by atoms with Crippen molar-refractivity contribution in [2.24, 2.45) is 13.0 Å². The summed E-state index contributed by atoms with van der Waals surface area (Å²) in [5.41, 5.74) is 0.859. The summed E-state index contributed by atoms with van der Waals surface area (Å²) in [6.45, 7) is 2.85. The van der Waals surface area contributed by atoms with Gasteiger partial charge in [-0.15, -0.1) is 0 Å². The molecule has 2 heterocycles. The number of halogens is 1. The highest BCUT2D eigenvalue weighted by atomic mass is 32.2. The van der Waals surface area contributed by atoms with Gasteiger partial charge in [0.25, 0.3) is 10.0 Å². The van der Waals surface area contributed by atoms with E-state index in [1.54, 1.807) is 27.0 Å². The molecule has 0 spiro atoms. The topological polar surface area (TPSA) is 122 Å². The number of imidazole rings is 1. The number of rotatable bonds is 6. The Morgan fingerprint density at radius 1 is 1.23 bits per heavy atom. The van der Waals surface area contributed by atoms with Crippen LogP contribution in [0.3, 0.4) is 0 Å². The van der Waals surface area contributed by atoms with Crippen LogP contribution in [0.25, 0.3) is 0 Å². The molecule has 13 heteroatoms. The standard InChI is InChI=1S/C27H31FN4O6S2/c1-19-14-32(20(2)17-33)39(34,35)26-11-10-22(9-8-21-6-5-7-23(28)12-21)13-24(26)38-25(19)15-31(4)40(36,37)27-16-30(3)18-29-27/h5-7,10-13,16,18-20,25,33H,14-15,17H2,1-4H3/t19-,20+,25+/m1/s1. The Morgan fingerprint density at radius 2 is 1.93 bits per heavy atom. The minimum absolute atomic E-state index is 0.00126. The lowest BCUT2D eigenvalue weighted by Crippen LogP contribution is -2.50. The second kappa shape index (κ2) is 11.7. The first-order valence-corrected chi connectivity index (χ1v) is 15.4. The number of aromatic nitrogens is 2. The van der Waals surface area contributed by atoms with Crippen molar-refractivity contribution < 1.29 is 31.1 Å². The number of hydrogen-bond donors (Lipinski definition) is 1. The van der Waals surface area contributed by atoms with Crippen molar-refractivity contribution in [3.05, 3.63) is 71.9 Å². The number of sulfonamides is 2. The molecule has 214 valence electrons. The van der Waals surface area contributed by atoms with Crippen LogP contribution in [0.2, 0.25) is 0 Å². The maximum absolute atomic E-state index is 13.7. The number of nitrogens with zero attached hydrogens (tertiary/aromatic N) is 4. The van der Waals surface area contributed by atoms with Crippen LogP contribution in [0.15, 0.2) is 64.9 Å². The first-order chi connectivity index (χ1) is 18.8. The van der Waals surface area contributed by atoms with E-state index in [9.17, 15) is 26.3 Å². The second-order valence-electron chi connectivity index (χ2n) is 9.82. The van der Waals surface area contributed by atoms with Crippen LogP contribution >= 0.6 is 0 Å². The van der Waals surface area contributed by atoms with E-state index in [-0.39, 0.29) is 28.8 Å². The SMILES string of the molecule is C[C@@H]1CN([C@@H](C)CO)S(=O)(=O)c2ccc(C#Cc3cccc(F)c3)cc2O[C@H]1CN(C)S(=O)(=O)c1cn(C)cn1. The van der Waals surface area contributed by atoms with E-state index in [1.165, 1.54) is 64.8 Å². The molecule has 0 aliphatic carbocycles. The van der Waals surface area contributed by atoms with Crippen LogP contribution < -0.4 is 4.74 Å². The molecule has 40 heavy (non-hydrogen) atoms. The summed E-state index contributed by atoms with van der Waals surface area (Å²) in [5, 5.41) is 9.70. The van der Waals surface area contributed by atoms with E-state index in [4.69, 9.17) is 4.74 Å². The number of fused-ring (bicyclic) bond motifs is 1. The molecular formula is C27H31FN4O6S2. The third-order valence-corrected chi connectivity index (χ3v) is 10.4. The molecule has 10 nitrogen and oxygen atoms in total. The lowest BCUT2D eigenvalue weighted by molar-refractivity contribution is 0.0904. The minimum Gasteiger partial charge on any atom is -0.487 e. The molecule has 1 aliphatic rings. The van der Waals surface area contributed by atoms with Crippen LogP contribution in [0.4, 0.5) is 4.39 Å². The van der Waals surface area contributed by atoms with E-state index >= 15 is 0 Å². The average Bonchev–Trinajstić information content (AvgIpc) is 3.36. The predicted molar refractivity (Wildman–Crippen MR) is 146 cm³/mol. The molecule has 0 amide bonds. The molecule has 0 radical (unpaired) electrons. The smallest absolute Gasteiger partial charge is 0.261 e. The number of benzene rings is 2. The Hall–Kier alpha value is -3.28. The number of likely N-dealkylation sites (N-methyl/N-ethyl adjacent to an activating group) is 1. The summed E-state index contributed by atoms with van der Waals surface area (Å²) in [7, 11) is -4.97. The zero-order valence-electron chi connectivity index (χ0n) is 22.5.